The molecule has 0 atom stereocenters. The molecule has 0 saturated carbocycles. The van der Waals surface area contributed by atoms with Crippen LogP contribution >= 0.6 is 11.3 Å². The molecule has 0 saturated heterocycles. The van der Waals surface area contributed by atoms with Crippen LogP contribution in [0.15, 0.2) is 41.8 Å². The molecule has 0 unspecified atom stereocenters. The summed E-state index contributed by atoms with van der Waals surface area (Å²) in [5.74, 6) is 2.07. The van der Waals surface area contributed by atoms with Crippen molar-refractivity contribution in [2.24, 2.45) is 0 Å². The first-order valence-corrected chi connectivity index (χ1v) is 9.44. The Bertz CT molecular complexity index is 1010. The highest BCUT2D eigenvalue weighted by Gasteiger charge is 2.15. The van der Waals surface area contributed by atoms with Gasteiger partial charge in [-0.3, -0.25) is 4.79 Å². The maximum Gasteiger partial charge on any atom is 0.275 e. The summed E-state index contributed by atoms with van der Waals surface area (Å²) in [6, 6.07) is 10.5. The minimum atomic E-state index is -0.348. The molecule has 0 aliphatic heterocycles. The second kappa shape index (κ2) is 9.16. The number of methoxy groups -OCH3 is 4. The van der Waals surface area contributed by atoms with E-state index in [4.69, 9.17) is 18.9 Å². The van der Waals surface area contributed by atoms with Crippen LogP contribution in [0, 0.1) is 0 Å². The SMILES string of the molecule is COc1ccc(NC(=O)c2csc(Nc3ccc(OC)cc3OC)n2)c(OC)c1. The first-order valence-electron chi connectivity index (χ1n) is 8.56. The minimum absolute atomic E-state index is 0.280. The molecule has 3 rings (SSSR count). The topological polar surface area (TPSA) is 90.9 Å². The fourth-order valence-corrected chi connectivity index (χ4v) is 3.24. The molecule has 0 radical (unpaired) electrons. The van der Waals surface area contributed by atoms with Gasteiger partial charge in [0.05, 0.1) is 39.8 Å². The summed E-state index contributed by atoms with van der Waals surface area (Å²) in [7, 11) is 6.25. The number of aromatic nitrogens is 1. The van der Waals surface area contributed by atoms with Gasteiger partial charge in [-0.15, -0.1) is 11.3 Å². The predicted octanol–water partition coefficient (Wildman–Crippen LogP) is 4.17. The molecule has 2 aromatic carbocycles. The van der Waals surface area contributed by atoms with Crippen molar-refractivity contribution in [2.45, 2.75) is 0 Å². The van der Waals surface area contributed by atoms with Gasteiger partial charge < -0.3 is 29.6 Å². The van der Waals surface area contributed by atoms with Crippen LogP contribution in [0.4, 0.5) is 16.5 Å². The van der Waals surface area contributed by atoms with E-state index in [-0.39, 0.29) is 11.6 Å². The Morgan fingerprint density at radius 2 is 1.45 bits per heavy atom. The van der Waals surface area contributed by atoms with Gasteiger partial charge in [-0.1, -0.05) is 0 Å². The van der Waals surface area contributed by atoms with E-state index >= 15 is 0 Å². The lowest BCUT2D eigenvalue weighted by Gasteiger charge is -2.11. The Morgan fingerprint density at radius 3 is 2.03 bits per heavy atom. The molecule has 3 aromatic rings. The molecule has 0 fully saturated rings. The highest BCUT2D eigenvalue weighted by atomic mass is 32.1. The monoisotopic (exact) mass is 415 g/mol. The van der Waals surface area contributed by atoms with Crippen molar-refractivity contribution < 1.29 is 23.7 Å². The maximum absolute atomic E-state index is 12.6. The number of rotatable bonds is 8. The molecule has 0 spiro atoms. The molecule has 29 heavy (non-hydrogen) atoms. The number of nitrogens with one attached hydrogen (secondary N) is 2. The molecular formula is C20H21N3O5S. The molecule has 8 nitrogen and oxygen atoms in total. The molecule has 0 aliphatic carbocycles. The Balaban J connectivity index is 1.74. The highest BCUT2D eigenvalue weighted by Crippen LogP contribution is 2.33. The third-order valence-corrected chi connectivity index (χ3v) is 4.80. The zero-order valence-corrected chi connectivity index (χ0v) is 17.3. The second-order valence-electron chi connectivity index (χ2n) is 5.75. The van der Waals surface area contributed by atoms with Gasteiger partial charge in [0.1, 0.15) is 28.7 Å². The van der Waals surface area contributed by atoms with Gasteiger partial charge >= 0.3 is 0 Å². The lowest BCUT2D eigenvalue weighted by atomic mass is 10.2. The first kappa shape index (κ1) is 20.3. The van der Waals surface area contributed by atoms with Crippen molar-refractivity contribution in [3.63, 3.8) is 0 Å². The number of carbonyl (C=O) groups is 1. The molecule has 0 bridgehead atoms. The number of hydrogen-bond acceptors (Lipinski definition) is 8. The van der Waals surface area contributed by atoms with Crippen LogP contribution in [0.3, 0.4) is 0 Å². The Hall–Kier alpha value is -3.46. The van der Waals surface area contributed by atoms with Crippen molar-refractivity contribution in [3.05, 3.63) is 47.5 Å². The third kappa shape index (κ3) is 4.69. The lowest BCUT2D eigenvalue weighted by molar-refractivity contribution is 0.102. The summed E-state index contributed by atoms with van der Waals surface area (Å²) in [4.78, 5) is 16.9. The summed E-state index contributed by atoms with van der Waals surface area (Å²) in [6.45, 7) is 0. The highest BCUT2D eigenvalue weighted by molar-refractivity contribution is 7.14. The minimum Gasteiger partial charge on any atom is -0.497 e. The number of hydrogen-bond donors (Lipinski definition) is 2. The molecule has 2 N–H and O–H groups in total. The first-order chi connectivity index (χ1) is 14.1. The fraction of sp³-hybridized carbons (Fsp3) is 0.200. The van der Waals surface area contributed by atoms with Crippen molar-refractivity contribution in [3.8, 4) is 23.0 Å². The van der Waals surface area contributed by atoms with E-state index in [0.717, 1.165) is 0 Å². The van der Waals surface area contributed by atoms with Crippen LogP contribution < -0.4 is 29.6 Å². The smallest absolute Gasteiger partial charge is 0.275 e. The van der Waals surface area contributed by atoms with Gasteiger partial charge in [0.25, 0.3) is 5.91 Å². The van der Waals surface area contributed by atoms with E-state index in [2.05, 4.69) is 15.6 Å². The van der Waals surface area contributed by atoms with Crippen molar-refractivity contribution in [2.75, 3.05) is 39.1 Å². The Labute approximate surface area is 172 Å². The largest absolute Gasteiger partial charge is 0.497 e. The maximum atomic E-state index is 12.6. The van der Waals surface area contributed by atoms with Crippen LogP contribution in [-0.4, -0.2) is 39.3 Å². The average molecular weight is 415 g/mol. The third-order valence-electron chi connectivity index (χ3n) is 4.04. The van der Waals surface area contributed by atoms with E-state index < -0.39 is 0 Å². The van der Waals surface area contributed by atoms with Crippen LogP contribution in [0.2, 0.25) is 0 Å². The van der Waals surface area contributed by atoms with Gasteiger partial charge in [-0.05, 0) is 24.3 Å². The van der Waals surface area contributed by atoms with Crippen LogP contribution in [0.25, 0.3) is 0 Å². The molecule has 152 valence electrons. The molecule has 9 heteroatoms. The number of ether oxygens (including phenoxy) is 4. The van der Waals surface area contributed by atoms with E-state index in [1.54, 1.807) is 51.0 Å². The number of amides is 1. The van der Waals surface area contributed by atoms with E-state index in [0.29, 0.717) is 39.5 Å². The van der Waals surface area contributed by atoms with Gasteiger partial charge in [0.2, 0.25) is 0 Å². The van der Waals surface area contributed by atoms with Crippen molar-refractivity contribution in [1.82, 2.24) is 4.98 Å². The molecule has 1 heterocycles. The zero-order chi connectivity index (χ0) is 20.8. The Kier molecular flexibility index (Phi) is 6.40. The van der Waals surface area contributed by atoms with E-state index in [1.807, 2.05) is 12.1 Å². The van der Waals surface area contributed by atoms with Crippen molar-refractivity contribution in [1.29, 1.82) is 0 Å². The quantitative estimate of drug-likeness (QED) is 0.570. The van der Waals surface area contributed by atoms with Gasteiger partial charge in [0.15, 0.2) is 5.13 Å². The number of nitrogens with zero attached hydrogens (tertiary/aromatic N) is 1. The summed E-state index contributed by atoms with van der Waals surface area (Å²) in [6.07, 6.45) is 0. The van der Waals surface area contributed by atoms with Crippen LogP contribution in [-0.2, 0) is 0 Å². The summed E-state index contributed by atoms with van der Waals surface area (Å²) >= 11 is 1.31. The Morgan fingerprint density at radius 1 is 0.862 bits per heavy atom. The van der Waals surface area contributed by atoms with Crippen LogP contribution in [0.5, 0.6) is 23.0 Å². The number of carbonyl (C=O) groups excluding carboxylic acids is 1. The van der Waals surface area contributed by atoms with Gasteiger partial charge in [-0.25, -0.2) is 4.98 Å². The lowest BCUT2D eigenvalue weighted by Crippen LogP contribution is -2.13. The van der Waals surface area contributed by atoms with E-state index in [1.165, 1.54) is 18.4 Å². The zero-order valence-electron chi connectivity index (χ0n) is 16.4. The van der Waals surface area contributed by atoms with Gasteiger partial charge in [-0.2, -0.15) is 0 Å². The average Bonchev–Trinajstić information content (AvgIpc) is 3.23. The summed E-state index contributed by atoms with van der Waals surface area (Å²) < 4.78 is 21.0. The van der Waals surface area contributed by atoms with E-state index in [9.17, 15) is 4.79 Å². The molecule has 0 aliphatic rings. The normalized spacial score (nSPS) is 10.2. The molecule has 1 amide bonds. The number of anilines is 3. The second-order valence-corrected chi connectivity index (χ2v) is 6.61. The summed E-state index contributed by atoms with van der Waals surface area (Å²) in [5.41, 5.74) is 1.52. The standard InChI is InChI=1S/C20H21N3O5S/c1-25-12-5-7-14(17(9-12)27-3)21-19(24)16-11-29-20(23-16)22-15-8-6-13(26-2)10-18(15)28-4/h5-11H,1-4H3,(H,21,24)(H,22,23). The number of benzene rings is 2. The number of thiazole rings is 1. The van der Waals surface area contributed by atoms with Crippen molar-refractivity contribution >= 4 is 33.8 Å². The molecule has 1 aromatic heterocycles. The van der Waals surface area contributed by atoms with Crippen LogP contribution in [0.1, 0.15) is 10.5 Å². The summed E-state index contributed by atoms with van der Waals surface area (Å²) in [5, 5.41) is 8.18. The van der Waals surface area contributed by atoms with Gasteiger partial charge in [0, 0.05) is 17.5 Å². The molecular weight excluding hydrogens is 394 g/mol. The fourth-order valence-electron chi connectivity index (χ4n) is 2.54. The predicted molar refractivity (Wildman–Crippen MR) is 112 cm³/mol.